The lowest BCUT2D eigenvalue weighted by Crippen LogP contribution is -2.39. The molecule has 1 aliphatic carbocycles. The average Bonchev–Trinajstić information content (AvgIpc) is 3.00. The number of benzene rings is 2. The minimum atomic E-state index is -0.509. The second kappa shape index (κ2) is 14.3. The van der Waals surface area contributed by atoms with Crippen LogP contribution in [0.25, 0.3) is 22.0 Å². The molecular weight excluding hydrogens is 554 g/mol. The fourth-order valence-electron chi connectivity index (χ4n) is 5.29. The molecule has 1 aromatic heterocycles. The molecule has 0 radical (unpaired) electrons. The number of fused-ring (bicyclic) bond motifs is 1. The van der Waals surface area contributed by atoms with Crippen molar-refractivity contribution in [2.24, 2.45) is 5.92 Å². The van der Waals surface area contributed by atoms with Crippen molar-refractivity contribution in [3.05, 3.63) is 72.9 Å². The number of carbonyl (C=O) groups excluding carboxylic acids is 3. The Morgan fingerprint density at radius 2 is 1.80 bits per heavy atom. The van der Waals surface area contributed by atoms with E-state index in [4.69, 9.17) is 4.74 Å². The molecule has 3 amide bonds. The van der Waals surface area contributed by atoms with Gasteiger partial charge in [-0.25, -0.2) is 14.4 Å². The summed E-state index contributed by atoms with van der Waals surface area (Å²) in [5.74, 6) is -0.0291. The van der Waals surface area contributed by atoms with E-state index in [2.05, 4.69) is 33.0 Å². The molecule has 0 atom stereocenters. The Hall–Kier alpha value is -4.53. The zero-order valence-electron chi connectivity index (χ0n) is 26.4. The van der Waals surface area contributed by atoms with Crippen LogP contribution < -0.4 is 10.6 Å². The number of aromatic nitrogens is 1. The number of likely N-dealkylation sites (N-methyl/N-ethyl adjacent to an activating group) is 2. The first-order valence-electron chi connectivity index (χ1n) is 15.2. The number of nitrogens with one attached hydrogen (secondary N) is 2. The van der Waals surface area contributed by atoms with E-state index in [9.17, 15) is 14.4 Å². The maximum atomic E-state index is 13.2. The van der Waals surface area contributed by atoms with Crippen LogP contribution in [0, 0.1) is 5.92 Å². The van der Waals surface area contributed by atoms with Crippen LogP contribution >= 0.6 is 0 Å². The van der Waals surface area contributed by atoms with E-state index in [1.54, 1.807) is 18.0 Å². The van der Waals surface area contributed by atoms with E-state index in [0.717, 1.165) is 48.6 Å². The summed E-state index contributed by atoms with van der Waals surface area (Å²) in [5.41, 5.74) is 2.09. The molecule has 1 heterocycles. The lowest BCUT2D eigenvalue weighted by molar-refractivity contribution is -0.494. The highest BCUT2D eigenvalue weighted by Crippen LogP contribution is 2.29. The van der Waals surface area contributed by atoms with E-state index in [-0.39, 0.29) is 23.9 Å². The second-order valence-corrected chi connectivity index (χ2v) is 12.5. The molecule has 0 unspecified atom stereocenters. The van der Waals surface area contributed by atoms with Gasteiger partial charge in [0.2, 0.25) is 5.91 Å². The molecule has 1 fully saturated rings. The maximum Gasteiger partial charge on any atom is 0.410 e. The minimum absolute atomic E-state index is 0.0953. The zero-order chi connectivity index (χ0) is 31.9. The van der Waals surface area contributed by atoms with Crippen LogP contribution in [0.4, 0.5) is 10.5 Å². The lowest BCUT2D eigenvalue weighted by atomic mass is 9.86. The quantitative estimate of drug-likeness (QED) is 0.182. The van der Waals surface area contributed by atoms with Crippen molar-refractivity contribution >= 4 is 40.6 Å². The van der Waals surface area contributed by atoms with Gasteiger partial charge in [-0.15, -0.1) is 0 Å². The Morgan fingerprint density at radius 3 is 2.50 bits per heavy atom. The number of pyridine rings is 1. The summed E-state index contributed by atoms with van der Waals surface area (Å²) >= 11 is 0. The predicted octanol–water partition coefficient (Wildman–Crippen LogP) is 5.89. The van der Waals surface area contributed by atoms with Crippen LogP contribution in [0.15, 0.2) is 67.3 Å². The number of hydrogen-bond donors (Lipinski definition) is 2. The highest BCUT2D eigenvalue weighted by Gasteiger charge is 2.25. The zero-order valence-corrected chi connectivity index (χ0v) is 26.4. The monoisotopic (exact) mass is 598 g/mol. The molecule has 9 heteroatoms. The van der Waals surface area contributed by atoms with Crippen LogP contribution in [0.3, 0.4) is 0 Å². The second-order valence-electron chi connectivity index (χ2n) is 12.5. The van der Waals surface area contributed by atoms with Gasteiger partial charge >= 0.3 is 6.09 Å². The summed E-state index contributed by atoms with van der Waals surface area (Å²) in [7, 11) is 3.79. The Labute approximate surface area is 260 Å². The normalized spacial score (nSPS) is 17.1. The fourth-order valence-corrected chi connectivity index (χ4v) is 5.29. The average molecular weight is 599 g/mol. The van der Waals surface area contributed by atoms with Gasteiger partial charge in [-0.2, -0.15) is 0 Å². The van der Waals surface area contributed by atoms with E-state index < -0.39 is 5.60 Å². The first kappa shape index (κ1) is 32.4. The van der Waals surface area contributed by atoms with Crippen molar-refractivity contribution < 1.29 is 23.7 Å². The van der Waals surface area contributed by atoms with Gasteiger partial charge in [-0.05, 0) is 82.2 Å². The molecule has 0 saturated heterocycles. The van der Waals surface area contributed by atoms with Crippen LogP contribution in [0.1, 0.15) is 56.9 Å². The van der Waals surface area contributed by atoms with E-state index >= 15 is 0 Å². The van der Waals surface area contributed by atoms with Gasteiger partial charge < -0.3 is 20.3 Å². The number of amides is 3. The molecule has 1 aliphatic rings. The Balaban J connectivity index is 1.32. The Morgan fingerprint density at radius 1 is 1.07 bits per heavy atom. The number of anilines is 1. The van der Waals surface area contributed by atoms with Gasteiger partial charge in [0.15, 0.2) is 6.54 Å². The van der Waals surface area contributed by atoms with Crippen LogP contribution in [-0.4, -0.2) is 77.4 Å². The molecule has 2 N–H and O–H groups in total. The molecular formula is C35H44N5O4+. The van der Waals surface area contributed by atoms with Crippen molar-refractivity contribution in [2.45, 2.75) is 58.1 Å². The van der Waals surface area contributed by atoms with Crippen molar-refractivity contribution in [3.63, 3.8) is 0 Å². The fraction of sp³-hybridized carbons (Fsp3) is 0.400. The van der Waals surface area contributed by atoms with E-state index in [1.165, 1.54) is 6.08 Å². The molecule has 0 spiro atoms. The van der Waals surface area contributed by atoms with Gasteiger partial charge in [-0.3, -0.25) is 9.59 Å². The molecule has 0 aliphatic heterocycles. The first-order chi connectivity index (χ1) is 20.9. The van der Waals surface area contributed by atoms with E-state index in [0.29, 0.717) is 29.5 Å². The number of ether oxygens (including phenoxy) is 1. The van der Waals surface area contributed by atoms with Crippen molar-refractivity contribution in [3.8, 4) is 11.3 Å². The molecule has 2 aromatic carbocycles. The highest BCUT2D eigenvalue weighted by atomic mass is 16.6. The third-order valence-corrected chi connectivity index (χ3v) is 7.67. The number of carbonyl (C=O) groups is 3. The third kappa shape index (κ3) is 8.99. The lowest BCUT2D eigenvalue weighted by Gasteiger charge is -2.26. The van der Waals surface area contributed by atoms with Gasteiger partial charge in [0.05, 0.1) is 12.2 Å². The van der Waals surface area contributed by atoms with Gasteiger partial charge in [0, 0.05) is 35.6 Å². The standard InChI is InChI=1S/C35H43N5O4/c1-7-32(41)38-30-12-8-10-25-16-17-26(22-28(25)30)29-11-9-13-31(37-29)33(42)36-27-18-14-24(15-19-27)23-39(5)20-21-40(6)34(43)44-35(2,3)4/h7-13,16-17,22-24,27H,1,14-15,18-21H2,2-6H3,(H-,36,37,38,41,42)/p+1. The largest absolute Gasteiger partial charge is 0.444 e. The number of nitrogens with zero attached hydrogens (tertiary/aromatic N) is 3. The molecule has 232 valence electrons. The summed E-state index contributed by atoms with van der Waals surface area (Å²) in [4.78, 5) is 43.6. The summed E-state index contributed by atoms with van der Waals surface area (Å²) in [6.07, 6.45) is 6.90. The molecule has 1 saturated carbocycles. The number of hydrogen-bond acceptors (Lipinski definition) is 5. The summed E-state index contributed by atoms with van der Waals surface area (Å²) in [6, 6.07) is 17.2. The minimum Gasteiger partial charge on any atom is -0.444 e. The van der Waals surface area contributed by atoms with Crippen LogP contribution in [-0.2, 0) is 9.53 Å². The predicted molar refractivity (Wildman–Crippen MR) is 175 cm³/mol. The third-order valence-electron chi connectivity index (χ3n) is 7.67. The van der Waals surface area contributed by atoms with Crippen molar-refractivity contribution in [2.75, 3.05) is 32.5 Å². The van der Waals surface area contributed by atoms with Crippen LogP contribution in [0.5, 0.6) is 0 Å². The number of rotatable bonds is 9. The highest BCUT2D eigenvalue weighted by molar-refractivity contribution is 6.06. The van der Waals surface area contributed by atoms with Gasteiger partial charge in [0.25, 0.3) is 5.91 Å². The maximum absolute atomic E-state index is 13.2. The Bertz CT molecular complexity index is 1550. The summed E-state index contributed by atoms with van der Waals surface area (Å²) in [6.45, 7) is 10.4. The van der Waals surface area contributed by atoms with E-state index in [1.807, 2.05) is 76.3 Å². The molecule has 0 bridgehead atoms. The van der Waals surface area contributed by atoms with Crippen molar-refractivity contribution in [1.29, 1.82) is 0 Å². The van der Waals surface area contributed by atoms with Gasteiger partial charge in [-0.1, -0.05) is 36.9 Å². The summed E-state index contributed by atoms with van der Waals surface area (Å²) < 4.78 is 7.57. The van der Waals surface area contributed by atoms with Crippen molar-refractivity contribution in [1.82, 2.24) is 15.2 Å². The van der Waals surface area contributed by atoms with Gasteiger partial charge in [0.1, 0.15) is 24.6 Å². The molecule has 9 nitrogen and oxygen atoms in total. The Kier molecular flexibility index (Phi) is 10.5. The first-order valence-corrected chi connectivity index (χ1v) is 15.2. The topological polar surface area (TPSA) is 104 Å². The summed E-state index contributed by atoms with van der Waals surface area (Å²) in [5, 5.41) is 7.90. The SMILES string of the molecule is C=CC(=O)Nc1cccc2ccc(-c3cccc(C(=O)NC4CCC(C=[N+](C)CCN(C)C(=O)OC(C)(C)C)CC4)n3)cc12. The smallest absolute Gasteiger partial charge is 0.410 e. The molecule has 3 aromatic rings. The molecule has 44 heavy (non-hydrogen) atoms. The van der Waals surface area contributed by atoms with Crippen LogP contribution in [0.2, 0.25) is 0 Å². The molecule has 4 rings (SSSR count).